The molecule has 3 rings (SSSR count). The van der Waals surface area contributed by atoms with E-state index in [4.69, 9.17) is 0 Å². The van der Waals surface area contributed by atoms with Gasteiger partial charge < -0.3 is 0 Å². The van der Waals surface area contributed by atoms with E-state index in [0.29, 0.717) is 0 Å². The van der Waals surface area contributed by atoms with Crippen LogP contribution >= 0.6 is 0 Å². The van der Waals surface area contributed by atoms with E-state index in [-0.39, 0.29) is 0 Å². The molecule has 0 aliphatic carbocycles. The van der Waals surface area contributed by atoms with Gasteiger partial charge in [-0.05, 0) is 35.9 Å². The van der Waals surface area contributed by atoms with Gasteiger partial charge in [0.1, 0.15) is 0 Å². The average Bonchev–Trinajstić information content (AvgIpc) is 2.96. The zero-order chi connectivity index (χ0) is 13.8. The largest absolute Gasteiger partial charge is 0.263 e. The molecule has 0 fully saturated rings. The molecular formula is C17H17N3. The third-order valence-electron chi connectivity index (χ3n) is 3.32. The van der Waals surface area contributed by atoms with Crippen LogP contribution in [0.25, 0.3) is 10.8 Å². The summed E-state index contributed by atoms with van der Waals surface area (Å²) in [6, 6.07) is 14.8. The van der Waals surface area contributed by atoms with Crippen LogP contribution < -0.4 is 5.01 Å². The molecule has 0 saturated heterocycles. The van der Waals surface area contributed by atoms with Crippen LogP contribution in [-0.4, -0.2) is 18.6 Å². The molecule has 2 aromatic carbocycles. The number of aliphatic imine (C=N–C) groups is 1. The van der Waals surface area contributed by atoms with E-state index in [9.17, 15) is 0 Å². The molecule has 0 spiro atoms. The molecule has 0 radical (unpaired) electrons. The van der Waals surface area contributed by atoms with Gasteiger partial charge in [0.15, 0.2) is 5.84 Å². The Hall–Kier alpha value is -2.42. The van der Waals surface area contributed by atoms with Crippen LogP contribution in [-0.2, 0) is 0 Å². The van der Waals surface area contributed by atoms with E-state index in [1.165, 1.54) is 10.8 Å². The number of benzene rings is 2. The predicted octanol–water partition coefficient (Wildman–Crippen LogP) is 4.01. The quantitative estimate of drug-likeness (QED) is 0.752. The Labute approximate surface area is 118 Å². The molecule has 3 heteroatoms. The van der Waals surface area contributed by atoms with Gasteiger partial charge in [0.05, 0.1) is 5.69 Å². The summed E-state index contributed by atoms with van der Waals surface area (Å²) in [7, 11) is 0. The van der Waals surface area contributed by atoms with Crippen molar-refractivity contribution >= 4 is 28.5 Å². The molecule has 0 amide bonds. The summed E-state index contributed by atoms with van der Waals surface area (Å²) in [5.74, 6) is 0.885. The maximum Gasteiger partial charge on any atom is 0.150 e. The molecule has 0 aromatic heterocycles. The Balaban J connectivity index is 1.85. The number of nitrogens with zero attached hydrogens (tertiary/aromatic N) is 3. The van der Waals surface area contributed by atoms with Gasteiger partial charge in [-0.15, -0.1) is 0 Å². The lowest BCUT2D eigenvalue weighted by atomic mass is 10.1. The van der Waals surface area contributed by atoms with E-state index in [2.05, 4.69) is 52.6 Å². The smallest absolute Gasteiger partial charge is 0.150 e. The van der Waals surface area contributed by atoms with Crippen molar-refractivity contribution in [2.45, 2.75) is 13.3 Å². The molecule has 0 saturated carbocycles. The average molecular weight is 263 g/mol. The van der Waals surface area contributed by atoms with Crippen LogP contribution in [0.1, 0.15) is 13.3 Å². The summed E-state index contributed by atoms with van der Waals surface area (Å²) in [5, 5.41) is 9.07. The van der Waals surface area contributed by atoms with Gasteiger partial charge in [0.2, 0.25) is 0 Å². The highest BCUT2D eigenvalue weighted by Gasteiger charge is 2.15. The Kier molecular flexibility index (Phi) is 3.59. The number of fused-ring (bicyclic) bond motifs is 1. The summed E-state index contributed by atoms with van der Waals surface area (Å²) in [6.07, 6.45) is 6.56. The van der Waals surface area contributed by atoms with Gasteiger partial charge in [-0.25, -0.2) is 4.99 Å². The molecule has 20 heavy (non-hydrogen) atoms. The molecule has 2 aromatic rings. The zero-order valence-electron chi connectivity index (χ0n) is 11.5. The van der Waals surface area contributed by atoms with E-state index in [0.717, 1.165) is 24.5 Å². The number of hydrogen-bond acceptors (Lipinski definition) is 3. The monoisotopic (exact) mass is 263 g/mol. The number of hydrogen-bond donors (Lipinski definition) is 0. The van der Waals surface area contributed by atoms with Crippen LogP contribution in [0.2, 0.25) is 0 Å². The highest BCUT2D eigenvalue weighted by atomic mass is 15.5. The molecular weight excluding hydrogens is 246 g/mol. The van der Waals surface area contributed by atoms with Crippen LogP contribution in [0.4, 0.5) is 5.69 Å². The number of allylic oxidation sites excluding steroid dienone is 2. The molecule has 0 unspecified atom stereocenters. The summed E-state index contributed by atoms with van der Waals surface area (Å²) >= 11 is 0. The molecule has 1 aliphatic heterocycles. The van der Waals surface area contributed by atoms with Gasteiger partial charge in [0, 0.05) is 19.2 Å². The van der Waals surface area contributed by atoms with Crippen molar-refractivity contribution in [2.24, 2.45) is 10.1 Å². The van der Waals surface area contributed by atoms with E-state index < -0.39 is 0 Å². The van der Waals surface area contributed by atoms with Crippen molar-refractivity contribution in [3.63, 3.8) is 0 Å². The van der Waals surface area contributed by atoms with Crippen molar-refractivity contribution < 1.29 is 0 Å². The second kappa shape index (κ2) is 5.70. The Bertz CT molecular complexity index is 698. The van der Waals surface area contributed by atoms with Gasteiger partial charge in [-0.2, -0.15) is 5.10 Å². The highest BCUT2D eigenvalue weighted by molar-refractivity contribution is 5.94. The van der Waals surface area contributed by atoms with E-state index >= 15 is 0 Å². The molecule has 3 nitrogen and oxygen atoms in total. The fourth-order valence-corrected chi connectivity index (χ4v) is 2.27. The summed E-state index contributed by atoms with van der Waals surface area (Å²) < 4.78 is 0. The van der Waals surface area contributed by atoms with Crippen LogP contribution in [0.15, 0.2) is 64.7 Å². The third kappa shape index (κ3) is 2.62. The van der Waals surface area contributed by atoms with Gasteiger partial charge in [-0.3, -0.25) is 5.01 Å². The van der Waals surface area contributed by atoms with Crippen molar-refractivity contribution in [2.75, 3.05) is 11.6 Å². The highest BCUT2D eigenvalue weighted by Crippen LogP contribution is 2.24. The summed E-state index contributed by atoms with van der Waals surface area (Å²) in [6.45, 7) is 2.87. The van der Waals surface area contributed by atoms with Gasteiger partial charge in [0.25, 0.3) is 0 Å². The molecule has 0 bridgehead atoms. The topological polar surface area (TPSA) is 28.0 Å². The van der Waals surface area contributed by atoms with Crippen molar-refractivity contribution in [1.29, 1.82) is 0 Å². The third-order valence-corrected chi connectivity index (χ3v) is 3.32. The number of anilines is 1. The van der Waals surface area contributed by atoms with E-state index in [1.54, 1.807) is 6.21 Å². The van der Waals surface area contributed by atoms with Crippen molar-refractivity contribution in [1.82, 2.24) is 0 Å². The van der Waals surface area contributed by atoms with Crippen LogP contribution in [0.5, 0.6) is 0 Å². The molecule has 1 heterocycles. The number of hydrazone groups is 1. The maximum atomic E-state index is 4.56. The molecule has 1 aliphatic rings. The minimum atomic E-state index is 0.885. The minimum Gasteiger partial charge on any atom is -0.263 e. The normalized spacial score (nSPS) is 15.7. The number of amidine groups is 1. The first-order valence-electron chi connectivity index (χ1n) is 6.86. The maximum absolute atomic E-state index is 4.56. The SMILES string of the molecule is C/C=C/C=N/C1=NN(c2ccc3ccccc3c2)CC1. The van der Waals surface area contributed by atoms with E-state index in [1.807, 2.05) is 24.1 Å². The van der Waals surface area contributed by atoms with Crippen molar-refractivity contribution in [3.05, 3.63) is 54.6 Å². The lowest BCUT2D eigenvalue weighted by Gasteiger charge is -2.13. The first kappa shape index (κ1) is 12.6. The Morgan fingerprint density at radius 1 is 1.15 bits per heavy atom. The fourth-order valence-electron chi connectivity index (χ4n) is 2.27. The lowest BCUT2D eigenvalue weighted by molar-refractivity contribution is 0.923. The minimum absolute atomic E-state index is 0.885. The number of rotatable bonds is 2. The fraction of sp³-hybridized carbons (Fsp3) is 0.176. The van der Waals surface area contributed by atoms with Crippen LogP contribution in [0.3, 0.4) is 0 Å². The van der Waals surface area contributed by atoms with Crippen molar-refractivity contribution in [3.8, 4) is 0 Å². The first-order chi connectivity index (χ1) is 9.86. The Morgan fingerprint density at radius 3 is 2.85 bits per heavy atom. The predicted molar refractivity (Wildman–Crippen MR) is 86.7 cm³/mol. The van der Waals surface area contributed by atoms with Crippen LogP contribution in [0, 0.1) is 0 Å². The first-order valence-corrected chi connectivity index (χ1v) is 6.86. The molecule has 0 atom stereocenters. The second-order valence-corrected chi connectivity index (χ2v) is 4.72. The van der Waals surface area contributed by atoms with Gasteiger partial charge >= 0.3 is 0 Å². The zero-order valence-corrected chi connectivity index (χ0v) is 11.5. The standard InChI is InChI=1S/C17H17N3/c1-2-3-11-18-17-10-12-20(19-17)16-9-8-14-6-4-5-7-15(14)13-16/h2-9,11,13H,10,12H2,1H3/b3-2+,18-11+. The van der Waals surface area contributed by atoms with Gasteiger partial charge in [-0.1, -0.05) is 36.4 Å². The second-order valence-electron chi connectivity index (χ2n) is 4.72. The summed E-state index contributed by atoms with van der Waals surface area (Å²) in [4.78, 5) is 4.35. The Morgan fingerprint density at radius 2 is 2.00 bits per heavy atom. The molecule has 100 valence electrons. The lowest BCUT2D eigenvalue weighted by Crippen LogP contribution is -2.11. The molecule has 0 N–H and O–H groups in total. The summed E-state index contributed by atoms with van der Waals surface area (Å²) in [5.41, 5.74) is 1.12.